The van der Waals surface area contributed by atoms with Crippen LogP contribution in [0.1, 0.15) is 25.7 Å². The van der Waals surface area contributed by atoms with Gasteiger partial charge in [0.15, 0.2) is 0 Å². The highest BCUT2D eigenvalue weighted by Crippen LogP contribution is 2.20. The van der Waals surface area contributed by atoms with Crippen molar-refractivity contribution in [1.29, 1.82) is 0 Å². The number of hydrogen-bond acceptors (Lipinski definition) is 4. The summed E-state index contributed by atoms with van der Waals surface area (Å²) in [5.74, 6) is 0. The van der Waals surface area contributed by atoms with Crippen LogP contribution in [0.3, 0.4) is 0 Å². The molecule has 2 aliphatic rings. The molecule has 0 radical (unpaired) electrons. The molecule has 1 N–H and O–H groups in total. The van der Waals surface area contributed by atoms with Gasteiger partial charge in [0.05, 0.1) is 6.10 Å². The second kappa shape index (κ2) is 7.62. The molecule has 2 fully saturated rings. The van der Waals surface area contributed by atoms with Gasteiger partial charge in [0.25, 0.3) is 0 Å². The van der Waals surface area contributed by atoms with Gasteiger partial charge in [-0.3, -0.25) is 0 Å². The first-order valence-electron chi connectivity index (χ1n) is 6.96. The zero-order chi connectivity index (χ0) is 11.9. The number of piperidine rings is 1. The number of hydrogen-bond donors (Lipinski definition) is 1. The van der Waals surface area contributed by atoms with Crippen molar-refractivity contribution in [3.05, 3.63) is 0 Å². The summed E-state index contributed by atoms with van der Waals surface area (Å²) in [6, 6.07) is 0. The maximum atomic E-state index is 5.59. The largest absolute Gasteiger partial charge is 0.377 e. The Balaban J connectivity index is 1.48. The second-order valence-electron chi connectivity index (χ2n) is 5.12. The molecule has 17 heavy (non-hydrogen) atoms. The predicted molar refractivity (Wildman–Crippen MR) is 74.8 cm³/mol. The fraction of sp³-hybridized carbons (Fsp3) is 1.00. The molecule has 0 bridgehead atoms. The van der Waals surface area contributed by atoms with Crippen LogP contribution in [0.4, 0.5) is 0 Å². The van der Waals surface area contributed by atoms with Crippen LogP contribution in [0.25, 0.3) is 0 Å². The van der Waals surface area contributed by atoms with Crippen LogP contribution in [0.5, 0.6) is 0 Å². The number of ether oxygens (including phenoxy) is 1. The molecule has 4 heteroatoms. The first kappa shape index (κ1) is 13.7. The van der Waals surface area contributed by atoms with Gasteiger partial charge in [-0.05, 0) is 45.0 Å². The van der Waals surface area contributed by atoms with Crippen molar-refractivity contribution in [1.82, 2.24) is 10.2 Å². The van der Waals surface area contributed by atoms with E-state index in [9.17, 15) is 0 Å². The molecule has 3 nitrogen and oxygen atoms in total. The molecule has 0 aromatic carbocycles. The third-order valence-electron chi connectivity index (χ3n) is 3.87. The van der Waals surface area contributed by atoms with Crippen molar-refractivity contribution in [3.63, 3.8) is 0 Å². The van der Waals surface area contributed by atoms with Crippen molar-refractivity contribution < 1.29 is 4.74 Å². The molecular formula is C13H26N2OS. The van der Waals surface area contributed by atoms with E-state index >= 15 is 0 Å². The topological polar surface area (TPSA) is 24.5 Å². The Labute approximate surface area is 110 Å². The fourth-order valence-corrected chi connectivity index (χ4v) is 3.36. The summed E-state index contributed by atoms with van der Waals surface area (Å²) in [6.07, 6.45) is 7.95. The Hall–Kier alpha value is 0.230. The lowest BCUT2D eigenvalue weighted by atomic mass is 10.1. The maximum absolute atomic E-state index is 5.59. The van der Waals surface area contributed by atoms with Crippen LogP contribution in [0, 0.1) is 0 Å². The average Bonchev–Trinajstić information content (AvgIpc) is 2.88. The first-order valence-corrected chi connectivity index (χ1v) is 8.25. The van der Waals surface area contributed by atoms with Crippen molar-refractivity contribution >= 4 is 11.8 Å². The van der Waals surface area contributed by atoms with Gasteiger partial charge < -0.3 is 15.0 Å². The molecule has 0 aliphatic carbocycles. The molecule has 0 aromatic heterocycles. The zero-order valence-electron chi connectivity index (χ0n) is 11.0. The Morgan fingerprint density at radius 1 is 1.29 bits per heavy atom. The minimum absolute atomic E-state index is 0.484. The molecule has 2 rings (SSSR count). The summed E-state index contributed by atoms with van der Waals surface area (Å²) in [6.45, 7) is 6.90. The van der Waals surface area contributed by atoms with Crippen molar-refractivity contribution in [2.75, 3.05) is 45.6 Å². The molecule has 0 spiro atoms. The normalized spacial score (nSPS) is 27.7. The van der Waals surface area contributed by atoms with Gasteiger partial charge in [-0.15, -0.1) is 0 Å². The van der Waals surface area contributed by atoms with E-state index in [1.807, 2.05) is 11.8 Å². The van der Waals surface area contributed by atoms with E-state index in [-0.39, 0.29) is 0 Å². The van der Waals surface area contributed by atoms with Crippen LogP contribution >= 0.6 is 11.8 Å². The highest BCUT2D eigenvalue weighted by atomic mass is 32.2. The molecule has 100 valence electrons. The number of likely N-dealkylation sites (tertiary alicyclic amines) is 1. The minimum atomic E-state index is 0.484. The number of rotatable bonds is 6. The molecular weight excluding hydrogens is 232 g/mol. The van der Waals surface area contributed by atoms with Gasteiger partial charge in [0.2, 0.25) is 0 Å². The monoisotopic (exact) mass is 258 g/mol. The van der Waals surface area contributed by atoms with Crippen LogP contribution in [0.15, 0.2) is 0 Å². The number of nitrogens with one attached hydrogen (secondary N) is 1. The maximum Gasteiger partial charge on any atom is 0.0700 e. The molecule has 0 amide bonds. The van der Waals surface area contributed by atoms with Gasteiger partial charge in [0, 0.05) is 31.5 Å². The highest BCUT2D eigenvalue weighted by molar-refractivity contribution is 7.99. The summed E-state index contributed by atoms with van der Waals surface area (Å²) in [5.41, 5.74) is 0. The average molecular weight is 258 g/mol. The Bertz CT molecular complexity index is 202. The molecule has 2 saturated heterocycles. The van der Waals surface area contributed by atoms with Crippen molar-refractivity contribution in [3.8, 4) is 0 Å². The van der Waals surface area contributed by atoms with E-state index in [4.69, 9.17) is 4.74 Å². The summed E-state index contributed by atoms with van der Waals surface area (Å²) < 4.78 is 5.59. The summed E-state index contributed by atoms with van der Waals surface area (Å²) in [7, 11) is 0. The van der Waals surface area contributed by atoms with Crippen LogP contribution < -0.4 is 5.32 Å². The van der Waals surface area contributed by atoms with E-state index in [0.29, 0.717) is 6.10 Å². The molecule has 2 heterocycles. The van der Waals surface area contributed by atoms with Crippen LogP contribution in [0.2, 0.25) is 0 Å². The van der Waals surface area contributed by atoms with E-state index < -0.39 is 0 Å². The Kier molecular flexibility index (Phi) is 6.12. The van der Waals surface area contributed by atoms with Crippen LogP contribution in [-0.2, 0) is 4.74 Å². The van der Waals surface area contributed by atoms with Gasteiger partial charge in [0.1, 0.15) is 0 Å². The highest BCUT2D eigenvalue weighted by Gasteiger charge is 2.18. The predicted octanol–water partition coefficient (Wildman–Crippen LogP) is 1.58. The van der Waals surface area contributed by atoms with Gasteiger partial charge in [-0.2, -0.15) is 11.8 Å². The summed E-state index contributed by atoms with van der Waals surface area (Å²) in [4.78, 5) is 2.59. The van der Waals surface area contributed by atoms with E-state index in [1.165, 1.54) is 45.3 Å². The molecule has 2 aliphatic heterocycles. The quantitative estimate of drug-likeness (QED) is 0.731. The van der Waals surface area contributed by atoms with Crippen molar-refractivity contribution in [2.45, 2.75) is 37.0 Å². The third-order valence-corrected chi connectivity index (χ3v) is 5.01. The SMILES string of the molecule is CSC1CCN(CCNCC2CCCO2)CC1. The number of thioether (sulfide) groups is 1. The van der Waals surface area contributed by atoms with E-state index in [2.05, 4.69) is 16.5 Å². The standard InChI is InChI=1S/C13H26N2OS/c1-17-13-4-7-15(8-5-13)9-6-14-11-12-3-2-10-16-12/h12-14H,2-11H2,1H3. The first-order chi connectivity index (χ1) is 8.38. The smallest absolute Gasteiger partial charge is 0.0700 e. The van der Waals surface area contributed by atoms with E-state index in [0.717, 1.165) is 24.9 Å². The lowest BCUT2D eigenvalue weighted by Crippen LogP contribution is -2.40. The Morgan fingerprint density at radius 2 is 2.12 bits per heavy atom. The number of nitrogens with zero attached hydrogens (tertiary/aromatic N) is 1. The zero-order valence-corrected chi connectivity index (χ0v) is 11.8. The van der Waals surface area contributed by atoms with Gasteiger partial charge in [-0.1, -0.05) is 0 Å². The lowest BCUT2D eigenvalue weighted by molar-refractivity contribution is 0.109. The summed E-state index contributed by atoms with van der Waals surface area (Å²) in [5, 5.41) is 4.44. The molecule has 1 atom stereocenters. The summed E-state index contributed by atoms with van der Waals surface area (Å²) >= 11 is 2.03. The molecule has 0 aromatic rings. The minimum Gasteiger partial charge on any atom is -0.377 e. The van der Waals surface area contributed by atoms with E-state index in [1.54, 1.807) is 0 Å². The fourth-order valence-electron chi connectivity index (χ4n) is 2.67. The molecule has 0 saturated carbocycles. The lowest BCUT2D eigenvalue weighted by Gasteiger charge is -2.31. The van der Waals surface area contributed by atoms with Gasteiger partial charge >= 0.3 is 0 Å². The third kappa shape index (κ3) is 4.78. The second-order valence-corrected chi connectivity index (χ2v) is 6.25. The van der Waals surface area contributed by atoms with Crippen LogP contribution in [-0.4, -0.2) is 61.8 Å². The molecule has 1 unspecified atom stereocenters. The Morgan fingerprint density at radius 3 is 2.76 bits per heavy atom. The van der Waals surface area contributed by atoms with Gasteiger partial charge in [-0.25, -0.2) is 0 Å². The van der Waals surface area contributed by atoms with Crippen molar-refractivity contribution in [2.24, 2.45) is 0 Å².